The summed E-state index contributed by atoms with van der Waals surface area (Å²) >= 11 is 0. The number of aliphatic imine (C=N–C) groups is 1. The van der Waals surface area contributed by atoms with Gasteiger partial charge < -0.3 is 83.7 Å². The summed E-state index contributed by atoms with van der Waals surface area (Å²) in [4.78, 5) is 66.9. The number of hydrogen-bond acceptors (Lipinski definition) is 17. The van der Waals surface area contributed by atoms with E-state index >= 15 is 0 Å². The molecule has 90 heavy (non-hydrogen) atoms. The number of nitrogens with one attached hydrogen (secondary N) is 5. The van der Waals surface area contributed by atoms with Gasteiger partial charge in [-0.05, 0) is 219 Å². The molecule has 0 saturated carbocycles. The molecular weight excluding hydrogens is 1160 g/mol. The third kappa shape index (κ3) is 30.8. The Hall–Kier alpha value is -8.30. The molecule has 22 heteroatoms. The Balaban J connectivity index is 1.91. The van der Waals surface area contributed by atoms with Crippen LogP contribution in [0.1, 0.15) is 142 Å². The largest absolute Gasteiger partial charge is 0.489 e. The summed E-state index contributed by atoms with van der Waals surface area (Å²) in [7, 11) is 0. The number of carbonyl (C=O) groups is 5. The lowest BCUT2D eigenvalue weighted by atomic mass is 9.92. The van der Waals surface area contributed by atoms with Crippen molar-refractivity contribution in [2.24, 2.45) is 4.99 Å². The van der Waals surface area contributed by atoms with E-state index in [1.807, 2.05) is 60.7 Å². The van der Waals surface area contributed by atoms with Crippen LogP contribution in [0.2, 0.25) is 0 Å². The lowest BCUT2D eigenvalue weighted by molar-refractivity contribution is 0.0512. The summed E-state index contributed by atoms with van der Waals surface area (Å²) in [6, 6.07) is 23.6. The standard InChI is InChI=1S/C68H100N6O16/c1-64(2,3)86-59(75)70-29-21-35-81-54-44-51(43-53(80-34-20-28-69-16)57(54)84-38-24-32-73-62(78)89-67(10,11)12)49-40-48(47-26-18-17-19-27-47)41-50(42-49)52-45-55(82-36-22-30-71-60(76)87-65(4,5)6)58(85-39-25-33-74-63(79)90-68(13,14)15)56(46-52)83-37-23-31-72-61(77)88-66(7,8)9/h17-19,26-27,40-46H,16,20-25,28-39H2,1-15H3,(H,70,75)(H,71,76)(H,72,77)(H,73,78)(H,74,79). The van der Waals surface area contributed by atoms with Crippen LogP contribution in [0.25, 0.3) is 33.4 Å². The van der Waals surface area contributed by atoms with E-state index in [2.05, 4.69) is 50.4 Å². The second-order valence-corrected chi connectivity index (χ2v) is 26.1. The van der Waals surface area contributed by atoms with Crippen molar-refractivity contribution in [1.82, 2.24) is 26.6 Å². The maximum atomic E-state index is 12.6. The van der Waals surface area contributed by atoms with E-state index in [0.29, 0.717) is 90.7 Å². The average Bonchev–Trinajstić information content (AvgIpc) is 0.830. The van der Waals surface area contributed by atoms with Crippen molar-refractivity contribution in [3.05, 3.63) is 72.8 Å². The molecule has 5 amide bonds. The van der Waals surface area contributed by atoms with Crippen molar-refractivity contribution in [3.63, 3.8) is 0 Å². The zero-order chi connectivity index (χ0) is 66.5. The maximum Gasteiger partial charge on any atom is 0.407 e. The van der Waals surface area contributed by atoms with Crippen LogP contribution in [0.4, 0.5) is 24.0 Å². The predicted octanol–water partition coefficient (Wildman–Crippen LogP) is 13.6. The summed E-state index contributed by atoms with van der Waals surface area (Å²) in [6.45, 7) is 33.3. The van der Waals surface area contributed by atoms with Gasteiger partial charge >= 0.3 is 30.5 Å². The van der Waals surface area contributed by atoms with Gasteiger partial charge in [-0.25, -0.2) is 24.0 Å². The number of nitrogens with zero attached hydrogens (tertiary/aromatic N) is 1. The quantitative estimate of drug-likeness (QED) is 0.0169. The van der Waals surface area contributed by atoms with E-state index in [0.717, 1.165) is 22.3 Å². The van der Waals surface area contributed by atoms with Crippen LogP contribution >= 0.6 is 0 Å². The molecule has 0 saturated heterocycles. The van der Waals surface area contributed by atoms with Crippen LogP contribution in [-0.4, -0.2) is 144 Å². The first-order chi connectivity index (χ1) is 42.3. The zero-order valence-electron chi connectivity index (χ0n) is 55.8. The number of benzene rings is 4. The van der Waals surface area contributed by atoms with Gasteiger partial charge in [0.25, 0.3) is 0 Å². The van der Waals surface area contributed by atoms with Gasteiger partial charge in [-0.3, -0.25) is 0 Å². The molecule has 0 heterocycles. The normalized spacial score (nSPS) is 11.7. The number of hydrogen-bond donors (Lipinski definition) is 5. The molecule has 0 spiro atoms. The number of alkyl carbamates (subject to hydrolysis) is 5. The minimum Gasteiger partial charge on any atom is -0.489 e. The van der Waals surface area contributed by atoms with E-state index in [-0.39, 0.29) is 72.4 Å². The maximum absolute atomic E-state index is 12.6. The SMILES string of the molecule is C=NCCCOc1cc(-c2cc(-c3ccccc3)cc(-c3cc(OCCCNC(=O)OC(C)(C)C)c(OCCCNC(=O)OC(C)(C)C)c(OCCCNC(=O)OC(C)(C)C)c3)c2)cc(OCCCNC(=O)OC(C)(C)C)c1OCCCNC(=O)OC(C)(C)C. The Morgan fingerprint density at radius 2 is 0.567 bits per heavy atom. The fourth-order valence-corrected chi connectivity index (χ4v) is 8.10. The average molecular weight is 1260 g/mol. The molecule has 0 radical (unpaired) electrons. The van der Waals surface area contributed by atoms with Gasteiger partial charge in [-0.15, -0.1) is 0 Å². The Bertz CT molecular complexity index is 2860. The van der Waals surface area contributed by atoms with Crippen molar-refractivity contribution in [2.75, 3.05) is 78.9 Å². The Morgan fingerprint density at radius 1 is 0.333 bits per heavy atom. The number of amides is 5. The van der Waals surface area contributed by atoms with Crippen molar-refractivity contribution < 1.29 is 76.1 Å². The zero-order valence-corrected chi connectivity index (χ0v) is 55.8. The summed E-state index contributed by atoms with van der Waals surface area (Å²) in [5.41, 5.74) is 1.29. The van der Waals surface area contributed by atoms with E-state index < -0.39 is 58.5 Å². The first kappa shape index (κ1) is 74.2. The van der Waals surface area contributed by atoms with Crippen LogP contribution in [-0.2, 0) is 23.7 Å². The minimum atomic E-state index is -0.684. The Kier molecular flexibility index (Phi) is 29.5. The van der Waals surface area contributed by atoms with Crippen LogP contribution in [0.15, 0.2) is 77.8 Å². The van der Waals surface area contributed by atoms with Gasteiger partial charge in [-0.2, -0.15) is 0 Å². The smallest absolute Gasteiger partial charge is 0.407 e. The van der Waals surface area contributed by atoms with Gasteiger partial charge in [0.05, 0.1) is 39.6 Å². The summed E-state index contributed by atoms with van der Waals surface area (Å²) in [5.74, 6) is 2.06. The molecule has 5 N–H and O–H groups in total. The van der Waals surface area contributed by atoms with Crippen molar-refractivity contribution in [3.8, 4) is 67.9 Å². The fourth-order valence-electron chi connectivity index (χ4n) is 8.10. The highest BCUT2D eigenvalue weighted by Crippen LogP contribution is 2.46. The Labute approximate surface area is 532 Å². The molecule has 4 rings (SSSR count). The van der Waals surface area contributed by atoms with Gasteiger partial charge in [0.1, 0.15) is 28.0 Å². The van der Waals surface area contributed by atoms with Gasteiger partial charge in [0.2, 0.25) is 11.5 Å². The third-order valence-corrected chi connectivity index (χ3v) is 11.7. The molecule has 22 nitrogen and oxygen atoms in total. The van der Waals surface area contributed by atoms with Gasteiger partial charge in [0, 0.05) is 45.7 Å². The molecule has 0 atom stereocenters. The van der Waals surface area contributed by atoms with Crippen molar-refractivity contribution in [2.45, 2.75) is 170 Å². The van der Waals surface area contributed by atoms with Gasteiger partial charge in [-0.1, -0.05) is 30.3 Å². The third-order valence-electron chi connectivity index (χ3n) is 11.7. The Morgan fingerprint density at radius 3 is 0.822 bits per heavy atom. The van der Waals surface area contributed by atoms with E-state index in [4.69, 9.17) is 52.1 Å². The van der Waals surface area contributed by atoms with Crippen molar-refractivity contribution in [1.29, 1.82) is 0 Å². The lowest BCUT2D eigenvalue weighted by Crippen LogP contribution is -2.33. The fraction of sp³-hybridized carbons (Fsp3) is 0.559. The van der Waals surface area contributed by atoms with Crippen LogP contribution < -0.4 is 55.0 Å². The van der Waals surface area contributed by atoms with E-state index in [1.165, 1.54) is 0 Å². The van der Waals surface area contributed by atoms with Crippen LogP contribution in [0.5, 0.6) is 34.5 Å². The van der Waals surface area contributed by atoms with Gasteiger partial charge in [0.15, 0.2) is 23.0 Å². The molecule has 0 fully saturated rings. The molecule has 4 aromatic carbocycles. The lowest BCUT2D eigenvalue weighted by Gasteiger charge is -2.22. The molecule has 4 aromatic rings. The topological polar surface area (TPSA) is 259 Å². The van der Waals surface area contributed by atoms with E-state index in [9.17, 15) is 24.0 Å². The van der Waals surface area contributed by atoms with E-state index in [1.54, 1.807) is 104 Å². The second-order valence-electron chi connectivity index (χ2n) is 26.1. The highest BCUT2D eigenvalue weighted by molar-refractivity contribution is 5.84. The second kappa shape index (κ2) is 35.8. The number of rotatable bonds is 33. The molecule has 0 aliphatic heterocycles. The summed E-state index contributed by atoms with van der Waals surface area (Å²) in [6.07, 6.45) is -0.180. The predicted molar refractivity (Wildman–Crippen MR) is 349 cm³/mol. The monoisotopic (exact) mass is 1260 g/mol. The molecule has 0 bridgehead atoms. The number of carbonyl (C=O) groups excluding carboxylic acids is 5. The minimum absolute atomic E-state index is 0.137. The molecular formula is C68H100N6O16. The van der Waals surface area contributed by atoms with Crippen molar-refractivity contribution >= 4 is 37.2 Å². The first-order valence-corrected chi connectivity index (χ1v) is 30.9. The molecule has 0 aliphatic carbocycles. The summed E-state index contributed by atoms with van der Waals surface area (Å²) in [5, 5.41) is 13.9. The molecule has 498 valence electrons. The van der Waals surface area contributed by atoms with Crippen LogP contribution in [0, 0.1) is 0 Å². The highest BCUT2D eigenvalue weighted by atomic mass is 16.6. The molecule has 0 unspecified atom stereocenters. The number of ether oxygens (including phenoxy) is 11. The highest BCUT2D eigenvalue weighted by Gasteiger charge is 2.24. The molecule has 0 aliphatic rings. The van der Waals surface area contributed by atoms with Crippen LogP contribution in [0.3, 0.4) is 0 Å². The first-order valence-electron chi connectivity index (χ1n) is 30.9. The summed E-state index contributed by atoms with van der Waals surface area (Å²) < 4.78 is 66.6. The molecule has 0 aromatic heterocycles.